The van der Waals surface area contributed by atoms with Crippen LogP contribution in [0.2, 0.25) is 0 Å². The molecule has 0 spiro atoms. The fourth-order valence-electron chi connectivity index (χ4n) is 3.08. The van der Waals surface area contributed by atoms with E-state index in [-0.39, 0.29) is 18.4 Å². The van der Waals surface area contributed by atoms with Gasteiger partial charge in [-0.15, -0.1) is 0 Å². The monoisotopic (exact) mass is 290 g/mol. The third-order valence-corrected chi connectivity index (χ3v) is 4.30. The first-order chi connectivity index (χ1) is 9.94. The minimum Gasteiger partial charge on any atom is -0.481 e. The van der Waals surface area contributed by atoms with Gasteiger partial charge in [0.25, 0.3) is 0 Å². The van der Waals surface area contributed by atoms with Crippen LogP contribution in [0.4, 0.5) is 0 Å². The van der Waals surface area contributed by atoms with Crippen molar-refractivity contribution in [3.8, 4) is 0 Å². The van der Waals surface area contributed by atoms with Crippen LogP contribution in [-0.2, 0) is 14.3 Å². The Bertz CT molecular complexity index is 533. The van der Waals surface area contributed by atoms with Crippen molar-refractivity contribution in [2.45, 2.75) is 50.9 Å². The van der Waals surface area contributed by atoms with Gasteiger partial charge >= 0.3 is 5.97 Å². The zero-order valence-corrected chi connectivity index (χ0v) is 12.5. The van der Waals surface area contributed by atoms with Crippen molar-refractivity contribution >= 4 is 5.97 Å². The highest BCUT2D eigenvalue weighted by Gasteiger charge is 2.36. The van der Waals surface area contributed by atoms with Gasteiger partial charge < -0.3 is 14.6 Å². The minimum absolute atomic E-state index is 0.0652. The molecule has 21 heavy (non-hydrogen) atoms. The maximum atomic E-state index is 11.1. The number of carboxylic acid groups (broad SMARTS) is 1. The Morgan fingerprint density at radius 2 is 2.19 bits per heavy atom. The second-order valence-electron chi connectivity index (χ2n) is 6.53. The average Bonchev–Trinajstić information content (AvgIpc) is 3.20. The van der Waals surface area contributed by atoms with Crippen LogP contribution in [0.15, 0.2) is 24.3 Å². The quantitative estimate of drug-likeness (QED) is 0.902. The van der Waals surface area contributed by atoms with Crippen LogP contribution in [0.3, 0.4) is 0 Å². The molecule has 0 aromatic heterocycles. The third kappa shape index (κ3) is 3.44. The van der Waals surface area contributed by atoms with Gasteiger partial charge in [0.1, 0.15) is 6.10 Å². The highest BCUT2D eigenvalue weighted by molar-refractivity contribution is 5.68. The Balaban J connectivity index is 1.80. The summed E-state index contributed by atoms with van der Waals surface area (Å²) in [6, 6.07) is 8.16. The summed E-state index contributed by atoms with van der Waals surface area (Å²) in [4.78, 5) is 11.1. The number of carbonyl (C=O) groups is 1. The van der Waals surface area contributed by atoms with Gasteiger partial charge in [-0.2, -0.15) is 0 Å². The zero-order valence-electron chi connectivity index (χ0n) is 12.5. The van der Waals surface area contributed by atoms with Gasteiger partial charge in [-0.1, -0.05) is 24.3 Å². The first-order valence-corrected chi connectivity index (χ1v) is 7.58. The molecule has 2 fully saturated rings. The summed E-state index contributed by atoms with van der Waals surface area (Å²) in [6.07, 6.45) is 2.42. The molecule has 114 valence electrons. The molecule has 3 rings (SSSR count). The molecule has 1 aromatic carbocycles. The van der Waals surface area contributed by atoms with E-state index >= 15 is 0 Å². The maximum absolute atomic E-state index is 11.1. The highest BCUT2D eigenvalue weighted by atomic mass is 16.7. The first-order valence-electron chi connectivity index (χ1n) is 7.58. The van der Waals surface area contributed by atoms with E-state index in [1.165, 1.54) is 0 Å². The van der Waals surface area contributed by atoms with E-state index in [9.17, 15) is 4.79 Å². The van der Waals surface area contributed by atoms with Crippen molar-refractivity contribution < 1.29 is 19.4 Å². The van der Waals surface area contributed by atoms with Gasteiger partial charge in [0, 0.05) is 0 Å². The molecule has 0 radical (unpaired) electrons. The molecule has 1 saturated carbocycles. The summed E-state index contributed by atoms with van der Waals surface area (Å²) >= 11 is 0. The van der Waals surface area contributed by atoms with E-state index in [0.29, 0.717) is 12.5 Å². The van der Waals surface area contributed by atoms with Crippen LogP contribution < -0.4 is 0 Å². The second kappa shape index (κ2) is 5.43. The van der Waals surface area contributed by atoms with E-state index < -0.39 is 11.8 Å². The average molecular weight is 290 g/mol. The summed E-state index contributed by atoms with van der Waals surface area (Å²) in [6.45, 7) is 4.37. The number of aliphatic carboxylic acids is 1. The van der Waals surface area contributed by atoms with Crippen molar-refractivity contribution in [1.82, 2.24) is 0 Å². The Morgan fingerprint density at radius 1 is 1.43 bits per heavy atom. The lowest BCUT2D eigenvalue weighted by Gasteiger charge is -2.19. The van der Waals surface area contributed by atoms with Crippen LogP contribution >= 0.6 is 0 Å². The van der Waals surface area contributed by atoms with Gasteiger partial charge in [-0.05, 0) is 49.7 Å². The summed E-state index contributed by atoms with van der Waals surface area (Å²) in [5, 5.41) is 9.13. The van der Waals surface area contributed by atoms with Crippen molar-refractivity contribution in [2.75, 3.05) is 6.61 Å². The van der Waals surface area contributed by atoms with Crippen LogP contribution in [0.25, 0.3) is 0 Å². The van der Waals surface area contributed by atoms with E-state index in [0.717, 1.165) is 24.0 Å². The number of rotatable bonds is 5. The second-order valence-corrected chi connectivity index (χ2v) is 6.53. The Morgan fingerprint density at radius 3 is 2.76 bits per heavy atom. The van der Waals surface area contributed by atoms with Crippen LogP contribution in [-0.4, -0.2) is 23.5 Å². The fourth-order valence-corrected chi connectivity index (χ4v) is 3.08. The number of carboxylic acids is 1. The molecule has 4 nitrogen and oxygen atoms in total. The Labute approximate surface area is 125 Å². The lowest BCUT2D eigenvalue weighted by atomic mass is 9.89. The first kappa shape index (κ1) is 14.5. The van der Waals surface area contributed by atoms with Gasteiger partial charge in [-0.3, -0.25) is 4.79 Å². The van der Waals surface area contributed by atoms with Gasteiger partial charge in [0.2, 0.25) is 0 Å². The largest absolute Gasteiger partial charge is 0.481 e. The number of ether oxygens (including phenoxy) is 2. The van der Waals surface area contributed by atoms with Crippen molar-refractivity contribution in [2.24, 2.45) is 5.92 Å². The van der Waals surface area contributed by atoms with Gasteiger partial charge in [-0.25, -0.2) is 0 Å². The fraction of sp³-hybridized carbons (Fsp3) is 0.588. The smallest absolute Gasteiger partial charge is 0.303 e. The number of benzene rings is 1. The molecular formula is C17H22O4. The van der Waals surface area contributed by atoms with Crippen LogP contribution in [0.1, 0.15) is 56.3 Å². The maximum Gasteiger partial charge on any atom is 0.303 e. The SMILES string of the molecule is CC1(C)OCC(c2cccc(C(CC(=O)O)C3CC3)c2)O1. The van der Waals surface area contributed by atoms with Crippen molar-refractivity contribution in [3.05, 3.63) is 35.4 Å². The Kier molecular flexibility index (Phi) is 3.76. The molecular weight excluding hydrogens is 268 g/mol. The van der Waals surface area contributed by atoms with E-state index in [2.05, 4.69) is 6.07 Å². The molecule has 1 aliphatic carbocycles. The predicted octanol–water partition coefficient (Wildman–Crippen LogP) is 3.48. The molecule has 4 heteroatoms. The molecule has 2 aliphatic rings. The molecule has 1 N–H and O–H groups in total. The van der Waals surface area contributed by atoms with Crippen molar-refractivity contribution in [1.29, 1.82) is 0 Å². The molecule has 0 bridgehead atoms. The van der Waals surface area contributed by atoms with E-state index in [1.54, 1.807) is 0 Å². The highest BCUT2D eigenvalue weighted by Crippen LogP contribution is 2.45. The standard InChI is InChI=1S/C17H22O4/c1-17(2)20-10-15(21-17)13-5-3-4-12(8-13)14(9-16(18)19)11-6-7-11/h3-5,8,11,14-15H,6-7,9-10H2,1-2H3,(H,18,19). The zero-order chi connectivity index (χ0) is 15.0. The van der Waals surface area contributed by atoms with E-state index in [1.807, 2.05) is 32.0 Å². The summed E-state index contributed by atoms with van der Waals surface area (Å²) in [5.74, 6) is -0.623. The van der Waals surface area contributed by atoms with Gasteiger partial charge in [0.15, 0.2) is 5.79 Å². The molecule has 1 aliphatic heterocycles. The van der Waals surface area contributed by atoms with Gasteiger partial charge in [0.05, 0.1) is 13.0 Å². The third-order valence-electron chi connectivity index (χ3n) is 4.30. The lowest BCUT2D eigenvalue weighted by molar-refractivity contribution is -0.139. The van der Waals surface area contributed by atoms with E-state index in [4.69, 9.17) is 14.6 Å². The number of hydrogen-bond acceptors (Lipinski definition) is 3. The van der Waals surface area contributed by atoms with Crippen LogP contribution in [0.5, 0.6) is 0 Å². The predicted molar refractivity (Wildman–Crippen MR) is 78.0 cm³/mol. The Hall–Kier alpha value is -1.39. The summed E-state index contributed by atoms with van der Waals surface area (Å²) < 4.78 is 11.5. The molecule has 1 heterocycles. The molecule has 0 amide bonds. The van der Waals surface area contributed by atoms with Crippen LogP contribution in [0, 0.1) is 5.92 Å². The lowest BCUT2D eigenvalue weighted by Crippen LogP contribution is -2.19. The topological polar surface area (TPSA) is 55.8 Å². The minimum atomic E-state index is -0.723. The normalized spacial score (nSPS) is 25.7. The molecule has 2 unspecified atom stereocenters. The number of hydrogen-bond donors (Lipinski definition) is 1. The molecule has 1 saturated heterocycles. The molecule has 2 atom stereocenters. The summed E-state index contributed by atoms with van der Waals surface area (Å²) in [5.41, 5.74) is 2.19. The summed E-state index contributed by atoms with van der Waals surface area (Å²) in [7, 11) is 0. The molecule has 1 aromatic rings. The van der Waals surface area contributed by atoms with Crippen molar-refractivity contribution in [3.63, 3.8) is 0 Å².